The number of rotatable bonds is 6. The molecule has 0 aliphatic heterocycles. The average molecular weight is 359 g/mol. The van der Waals surface area contributed by atoms with Gasteiger partial charge in [0.15, 0.2) is 0 Å². The Balaban J connectivity index is 2.26. The van der Waals surface area contributed by atoms with E-state index in [-0.39, 0.29) is 23.6 Å². The predicted octanol–water partition coefficient (Wildman–Crippen LogP) is 3.51. The van der Waals surface area contributed by atoms with Crippen LogP contribution in [0.2, 0.25) is 0 Å². The van der Waals surface area contributed by atoms with Crippen molar-refractivity contribution < 1.29 is 14.1 Å². The summed E-state index contributed by atoms with van der Waals surface area (Å²) in [5, 5.41) is 13.8. The van der Waals surface area contributed by atoms with Crippen molar-refractivity contribution in [1.29, 1.82) is 0 Å². The molecule has 138 valence electrons. The summed E-state index contributed by atoms with van der Waals surface area (Å²) in [6.45, 7) is 3.83. The molecule has 0 unspecified atom stereocenters. The van der Waals surface area contributed by atoms with Crippen LogP contribution in [0.5, 0.6) is 0 Å². The number of nitro groups is 1. The lowest BCUT2D eigenvalue weighted by Gasteiger charge is -2.26. The van der Waals surface area contributed by atoms with Crippen LogP contribution in [0.25, 0.3) is 0 Å². The second-order valence-electron chi connectivity index (χ2n) is 6.90. The maximum absolute atomic E-state index is 14.1. The van der Waals surface area contributed by atoms with Gasteiger partial charge in [-0.25, -0.2) is 4.39 Å². The molecule has 7 heteroatoms. The average Bonchev–Trinajstić information content (AvgIpc) is 2.59. The number of benzene rings is 2. The molecule has 2 rings (SSSR count). The zero-order chi connectivity index (χ0) is 19.5. The van der Waals surface area contributed by atoms with Gasteiger partial charge in [-0.3, -0.25) is 14.9 Å². The van der Waals surface area contributed by atoms with Crippen molar-refractivity contribution in [3.05, 3.63) is 69.5 Å². The molecule has 1 N–H and O–H groups in total. The third-order valence-corrected chi connectivity index (χ3v) is 4.21. The highest BCUT2D eigenvalue weighted by molar-refractivity contribution is 6.00. The Morgan fingerprint density at radius 2 is 1.88 bits per heavy atom. The second kappa shape index (κ2) is 7.51. The quantitative estimate of drug-likeness (QED) is 0.633. The molecule has 0 spiro atoms. The number of nitro benzene ring substituents is 1. The number of hydrogen-bond donors (Lipinski definition) is 1. The molecule has 26 heavy (non-hydrogen) atoms. The van der Waals surface area contributed by atoms with Crippen LogP contribution in [0.1, 0.15) is 29.8 Å². The van der Waals surface area contributed by atoms with Crippen molar-refractivity contribution in [2.45, 2.75) is 19.3 Å². The van der Waals surface area contributed by atoms with Gasteiger partial charge >= 0.3 is 0 Å². The summed E-state index contributed by atoms with van der Waals surface area (Å²) in [6, 6.07) is 10.6. The number of carbonyl (C=O) groups excluding carboxylic acids is 1. The molecule has 2 aromatic rings. The van der Waals surface area contributed by atoms with E-state index in [1.165, 1.54) is 24.3 Å². The Labute approximate surface area is 151 Å². The summed E-state index contributed by atoms with van der Waals surface area (Å²) in [6.07, 6.45) is 0. The minimum Gasteiger partial charge on any atom is -0.377 e. The second-order valence-corrected chi connectivity index (χ2v) is 6.90. The fraction of sp³-hybridized carbons (Fsp3) is 0.316. The largest absolute Gasteiger partial charge is 0.377 e. The van der Waals surface area contributed by atoms with E-state index in [1.807, 2.05) is 13.8 Å². The first-order valence-corrected chi connectivity index (χ1v) is 8.12. The maximum atomic E-state index is 14.1. The molecule has 0 bridgehead atoms. The smallest absolute Gasteiger partial charge is 0.270 e. The standard InChI is InChI=1S/C19H22FN3O3/c1-19(2,15-7-5-6-8-16(15)20)12-21-18(24)14-11-13(23(25)26)9-10-17(14)22(3)4/h5-11H,12H2,1-4H3,(H,21,24). The Morgan fingerprint density at radius 3 is 2.46 bits per heavy atom. The van der Waals surface area contributed by atoms with Gasteiger partial charge in [-0.1, -0.05) is 32.0 Å². The van der Waals surface area contributed by atoms with Crippen LogP contribution in [0.4, 0.5) is 15.8 Å². The van der Waals surface area contributed by atoms with Crippen LogP contribution >= 0.6 is 0 Å². The van der Waals surface area contributed by atoms with Gasteiger partial charge in [0, 0.05) is 43.9 Å². The van der Waals surface area contributed by atoms with Gasteiger partial charge in [0.2, 0.25) is 0 Å². The van der Waals surface area contributed by atoms with Crippen molar-refractivity contribution in [3.8, 4) is 0 Å². The highest BCUT2D eigenvalue weighted by atomic mass is 19.1. The topological polar surface area (TPSA) is 75.5 Å². The van der Waals surface area contributed by atoms with Crippen LogP contribution in [-0.4, -0.2) is 31.5 Å². The first-order valence-electron chi connectivity index (χ1n) is 8.12. The van der Waals surface area contributed by atoms with Gasteiger partial charge in [0.05, 0.1) is 10.5 Å². The number of anilines is 1. The van der Waals surface area contributed by atoms with Gasteiger partial charge < -0.3 is 10.2 Å². The van der Waals surface area contributed by atoms with Crippen molar-refractivity contribution in [3.63, 3.8) is 0 Å². The van der Waals surface area contributed by atoms with E-state index >= 15 is 0 Å². The van der Waals surface area contributed by atoms with Gasteiger partial charge in [-0.05, 0) is 17.7 Å². The van der Waals surface area contributed by atoms with Crippen molar-refractivity contribution in [1.82, 2.24) is 5.32 Å². The molecule has 0 aromatic heterocycles. The van der Waals surface area contributed by atoms with E-state index in [9.17, 15) is 19.3 Å². The molecular formula is C19H22FN3O3. The Hall–Kier alpha value is -2.96. The van der Waals surface area contributed by atoms with E-state index in [2.05, 4.69) is 5.32 Å². The molecule has 0 saturated heterocycles. The number of hydrogen-bond acceptors (Lipinski definition) is 4. The van der Waals surface area contributed by atoms with Gasteiger partial charge in [0.1, 0.15) is 5.82 Å². The van der Waals surface area contributed by atoms with Gasteiger partial charge in [0.25, 0.3) is 11.6 Å². The first kappa shape index (κ1) is 19.4. The number of carbonyl (C=O) groups is 1. The number of halogens is 1. The predicted molar refractivity (Wildman–Crippen MR) is 99.2 cm³/mol. The monoisotopic (exact) mass is 359 g/mol. The molecule has 1 amide bonds. The molecule has 0 atom stereocenters. The lowest BCUT2D eigenvalue weighted by molar-refractivity contribution is -0.384. The Bertz CT molecular complexity index is 835. The molecule has 0 radical (unpaired) electrons. The van der Waals surface area contributed by atoms with Crippen LogP contribution in [-0.2, 0) is 5.41 Å². The fourth-order valence-electron chi connectivity index (χ4n) is 2.71. The summed E-state index contributed by atoms with van der Waals surface area (Å²) >= 11 is 0. The third-order valence-electron chi connectivity index (χ3n) is 4.21. The number of non-ortho nitro benzene ring substituents is 1. The molecular weight excluding hydrogens is 337 g/mol. The number of nitrogens with zero attached hydrogens (tertiary/aromatic N) is 2. The van der Waals surface area contributed by atoms with Crippen LogP contribution in [0, 0.1) is 15.9 Å². The van der Waals surface area contributed by atoms with Crippen LogP contribution in [0.15, 0.2) is 42.5 Å². The molecule has 0 heterocycles. The summed E-state index contributed by atoms with van der Waals surface area (Å²) in [7, 11) is 3.50. The minimum atomic E-state index is -0.639. The zero-order valence-corrected chi connectivity index (χ0v) is 15.2. The van der Waals surface area contributed by atoms with E-state index in [0.717, 1.165) is 0 Å². The van der Waals surface area contributed by atoms with E-state index in [4.69, 9.17) is 0 Å². The van der Waals surface area contributed by atoms with Crippen LogP contribution < -0.4 is 10.2 Å². The molecule has 0 aliphatic rings. The first-order chi connectivity index (χ1) is 12.1. The Morgan fingerprint density at radius 1 is 1.23 bits per heavy atom. The maximum Gasteiger partial charge on any atom is 0.270 e. The normalized spacial score (nSPS) is 11.1. The summed E-state index contributed by atoms with van der Waals surface area (Å²) in [5.74, 6) is -0.780. The summed E-state index contributed by atoms with van der Waals surface area (Å²) in [4.78, 5) is 24.8. The number of nitrogens with one attached hydrogen (secondary N) is 1. The summed E-state index contributed by atoms with van der Waals surface area (Å²) < 4.78 is 14.1. The molecule has 0 saturated carbocycles. The van der Waals surface area contributed by atoms with Gasteiger partial charge in [-0.2, -0.15) is 0 Å². The summed E-state index contributed by atoms with van der Waals surface area (Å²) in [5.41, 5.74) is 0.464. The fourth-order valence-corrected chi connectivity index (χ4v) is 2.71. The van der Waals surface area contributed by atoms with Crippen molar-refractivity contribution in [2.75, 3.05) is 25.5 Å². The van der Waals surface area contributed by atoms with Crippen molar-refractivity contribution in [2.24, 2.45) is 0 Å². The third kappa shape index (κ3) is 4.17. The minimum absolute atomic E-state index is 0.158. The highest BCUT2D eigenvalue weighted by Crippen LogP contribution is 2.27. The number of amides is 1. The van der Waals surface area contributed by atoms with Gasteiger partial charge in [-0.15, -0.1) is 0 Å². The SMILES string of the molecule is CN(C)c1ccc([N+](=O)[O-])cc1C(=O)NCC(C)(C)c1ccccc1F. The lowest BCUT2D eigenvalue weighted by atomic mass is 9.84. The zero-order valence-electron chi connectivity index (χ0n) is 15.2. The highest BCUT2D eigenvalue weighted by Gasteiger charge is 2.26. The molecule has 2 aromatic carbocycles. The van der Waals surface area contributed by atoms with Crippen molar-refractivity contribution >= 4 is 17.3 Å². The van der Waals surface area contributed by atoms with E-state index in [1.54, 1.807) is 37.2 Å². The van der Waals surface area contributed by atoms with E-state index in [0.29, 0.717) is 11.3 Å². The lowest BCUT2D eigenvalue weighted by Crippen LogP contribution is -2.37. The van der Waals surface area contributed by atoms with Crippen LogP contribution in [0.3, 0.4) is 0 Å². The molecule has 0 aliphatic carbocycles. The molecule has 0 fully saturated rings. The van der Waals surface area contributed by atoms with E-state index < -0.39 is 16.2 Å². The molecule has 6 nitrogen and oxygen atoms in total. The Kier molecular flexibility index (Phi) is 5.59.